The topological polar surface area (TPSA) is 25.4 Å². The first-order valence-corrected chi connectivity index (χ1v) is 7.76. The van der Waals surface area contributed by atoms with E-state index in [1.807, 2.05) is 6.07 Å². The summed E-state index contributed by atoms with van der Waals surface area (Å²) in [7, 11) is 0. The summed E-state index contributed by atoms with van der Waals surface area (Å²) in [6.45, 7) is 6.28. The second-order valence-corrected chi connectivity index (χ2v) is 5.35. The predicted molar refractivity (Wildman–Crippen MR) is 79.0 cm³/mol. The lowest BCUT2D eigenvalue weighted by Crippen LogP contribution is -2.25. The third-order valence-electron chi connectivity index (χ3n) is 3.43. The van der Waals surface area contributed by atoms with Crippen LogP contribution in [0.25, 0.3) is 0 Å². The molecule has 0 saturated carbocycles. The maximum Gasteiger partial charge on any atom is 0.213 e. The number of ether oxygens (including phenoxy) is 1. The third kappa shape index (κ3) is 4.66. The molecule has 3 nitrogen and oxygen atoms in total. The van der Waals surface area contributed by atoms with Crippen molar-refractivity contribution in [2.24, 2.45) is 0 Å². The molecule has 0 spiro atoms. The van der Waals surface area contributed by atoms with E-state index < -0.39 is 0 Å². The van der Waals surface area contributed by atoms with Crippen LogP contribution in [-0.4, -0.2) is 36.1 Å². The van der Waals surface area contributed by atoms with Gasteiger partial charge >= 0.3 is 0 Å². The highest BCUT2D eigenvalue weighted by Gasteiger charge is 2.11. The zero-order valence-electron chi connectivity index (χ0n) is 11.7. The average Bonchev–Trinajstić information content (AvgIpc) is 2.92. The van der Waals surface area contributed by atoms with E-state index in [0.29, 0.717) is 12.5 Å². The Morgan fingerprint density at radius 3 is 2.79 bits per heavy atom. The van der Waals surface area contributed by atoms with Gasteiger partial charge in [-0.1, -0.05) is 13.3 Å². The van der Waals surface area contributed by atoms with Crippen LogP contribution in [0.3, 0.4) is 0 Å². The maximum absolute atomic E-state index is 5.92. The number of hydrogen-bond acceptors (Lipinski definition) is 3. The summed E-state index contributed by atoms with van der Waals surface area (Å²) < 4.78 is 5.79. The summed E-state index contributed by atoms with van der Waals surface area (Å²) in [5, 5.41) is 0. The fourth-order valence-corrected chi connectivity index (χ4v) is 2.60. The molecule has 1 fully saturated rings. The van der Waals surface area contributed by atoms with Crippen LogP contribution in [-0.2, 0) is 12.3 Å². The van der Waals surface area contributed by atoms with E-state index in [-0.39, 0.29) is 0 Å². The molecule has 1 saturated heterocycles. The summed E-state index contributed by atoms with van der Waals surface area (Å²) in [5.41, 5.74) is 2.17. The Morgan fingerprint density at radius 2 is 2.11 bits per heavy atom. The van der Waals surface area contributed by atoms with Crippen molar-refractivity contribution in [3.8, 4) is 5.88 Å². The van der Waals surface area contributed by atoms with Crippen LogP contribution in [0.4, 0.5) is 0 Å². The lowest BCUT2D eigenvalue weighted by Gasteiger charge is -2.15. The van der Waals surface area contributed by atoms with Gasteiger partial charge in [-0.05, 0) is 44.0 Å². The first-order chi connectivity index (χ1) is 9.31. The molecule has 2 rings (SSSR count). The molecular weight excluding hydrogens is 260 g/mol. The zero-order chi connectivity index (χ0) is 13.5. The minimum absolute atomic E-state index is 0.516. The maximum atomic E-state index is 5.92. The van der Waals surface area contributed by atoms with Crippen LogP contribution < -0.4 is 4.74 Å². The van der Waals surface area contributed by atoms with E-state index in [1.165, 1.54) is 25.9 Å². The van der Waals surface area contributed by atoms with Crippen molar-refractivity contribution in [1.82, 2.24) is 9.88 Å². The van der Waals surface area contributed by atoms with Gasteiger partial charge in [-0.3, -0.25) is 4.90 Å². The second-order valence-electron chi connectivity index (χ2n) is 5.09. The highest BCUT2D eigenvalue weighted by Crippen LogP contribution is 2.16. The molecule has 19 heavy (non-hydrogen) atoms. The monoisotopic (exact) mass is 282 g/mol. The minimum atomic E-state index is 0.516. The Balaban J connectivity index is 1.88. The summed E-state index contributed by atoms with van der Waals surface area (Å²) in [4.78, 5) is 6.98. The molecule has 0 bridgehead atoms. The Kier molecular flexibility index (Phi) is 5.93. The van der Waals surface area contributed by atoms with E-state index in [0.717, 1.165) is 36.5 Å². The Labute approximate surface area is 120 Å². The smallest absolute Gasteiger partial charge is 0.213 e. The Bertz CT molecular complexity index is 392. The fraction of sp³-hybridized carbons (Fsp3) is 0.667. The number of likely N-dealkylation sites (tertiary alicyclic amines) is 1. The molecule has 0 aromatic carbocycles. The van der Waals surface area contributed by atoms with Crippen LogP contribution in [0, 0.1) is 0 Å². The van der Waals surface area contributed by atoms with Crippen LogP contribution in [0.15, 0.2) is 12.1 Å². The Hall–Kier alpha value is -0.800. The molecule has 2 heterocycles. The number of alkyl halides is 1. The van der Waals surface area contributed by atoms with Crippen molar-refractivity contribution < 1.29 is 4.74 Å². The van der Waals surface area contributed by atoms with Gasteiger partial charge in [0.05, 0.1) is 0 Å². The average molecular weight is 283 g/mol. The van der Waals surface area contributed by atoms with Crippen LogP contribution in [0.5, 0.6) is 5.88 Å². The fourth-order valence-electron chi connectivity index (χ4n) is 2.44. The summed E-state index contributed by atoms with van der Waals surface area (Å²) in [5.74, 6) is 1.24. The number of aromatic nitrogens is 1. The van der Waals surface area contributed by atoms with Crippen LogP contribution in [0.2, 0.25) is 0 Å². The van der Waals surface area contributed by atoms with E-state index in [2.05, 4.69) is 22.9 Å². The van der Waals surface area contributed by atoms with Crippen molar-refractivity contribution in [2.75, 3.05) is 26.2 Å². The number of halogens is 1. The normalized spacial score (nSPS) is 15.9. The highest BCUT2D eigenvalue weighted by atomic mass is 35.5. The molecule has 0 aliphatic carbocycles. The molecule has 4 heteroatoms. The largest absolute Gasteiger partial charge is 0.476 e. The quantitative estimate of drug-likeness (QED) is 0.718. The van der Waals surface area contributed by atoms with Crippen molar-refractivity contribution in [2.45, 2.75) is 38.5 Å². The van der Waals surface area contributed by atoms with Gasteiger partial charge in [-0.25, -0.2) is 4.98 Å². The number of aryl methyl sites for hydroxylation is 1. The number of pyridine rings is 1. The van der Waals surface area contributed by atoms with Crippen molar-refractivity contribution >= 4 is 11.6 Å². The summed E-state index contributed by atoms with van der Waals surface area (Å²) >= 11 is 5.92. The Morgan fingerprint density at radius 1 is 1.32 bits per heavy atom. The van der Waals surface area contributed by atoms with Gasteiger partial charge in [0.25, 0.3) is 0 Å². The van der Waals surface area contributed by atoms with E-state index in [9.17, 15) is 0 Å². The number of hydrogen-bond donors (Lipinski definition) is 0. The molecule has 1 aromatic rings. The van der Waals surface area contributed by atoms with Crippen molar-refractivity contribution in [3.05, 3.63) is 23.4 Å². The van der Waals surface area contributed by atoms with Gasteiger partial charge in [-0.2, -0.15) is 0 Å². The van der Waals surface area contributed by atoms with Crippen LogP contribution in [0.1, 0.15) is 37.4 Å². The van der Waals surface area contributed by atoms with Gasteiger partial charge in [0.2, 0.25) is 5.88 Å². The van der Waals surface area contributed by atoms with E-state index >= 15 is 0 Å². The molecule has 0 atom stereocenters. The number of nitrogens with zero attached hydrogens (tertiary/aromatic N) is 2. The minimum Gasteiger partial charge on any atom is -0.476 e. The predicted octanol–water partition coefficient (Wildman–Crippen LogP) is 3.25. The molecule has 0 radical (unpaired) electrons. The first kappa shape index (κ1) is 14.6. The first-order valence-electron chi connectivity index (χ1n) is 7.22. The van der Waals surface area contributed by atoms with Crippen molar-refractivity contribution in [1.29, 1.82) is 0 Å². The molecule has 1 aliphatic rings. The van der Waals surface area contributed by atoms with Gasteiger partial charge in [0.1, 0.15) is 6.61 Å². The lowest BCUT2D eigenvalue weighted by molar-refractivity contribution is 0.231. The third-order valence-corrected chi connectivity index (χ3v) is 3.74. The summed E-state index contributed by atoms with van der Waals surface area (Å²) in [6, 6.07) is 4.03. The van der Waals surface area contributed by atoms with E-state index in [4.69, 9.17) is 16.3 Å². The SMILES string of the molecule is CCCc1cc(CCl)cc(OCCN2CCCC2)n1. The molecule has 1 aromatic heterocycles. The second kappa shape index (κ2) is 7.71. The zero-order valence-corrected chi connectivity index (χ0v) is 12.5. The molecule has 1 aliphatic heterocycles. The van der Waals surface area contributed by atoms with Gasteiger partial charge in [-0.15, -0.1) is 11.6 Å². The molecule has 0 amide bonds. The van der Waals surface area contributed by atoms with E-state index in [1.54, 1.807) is 0 Å². The van der Waals surface area contributed by atoms with Gasteiger partial charge in [0, 0.05) is 24.2 Å². The lowest BCUT2D eigenvalue weighted by atomic mass is 10.2. The molecule has 106 valence electrons. The molecule has 0 N–H and O–H groups in total. The van der Waals surface area contributed by atoms with Gasteiger partial charge in [0.15, 0.2) is 0 Å². The van der Waals surface area contributed by atoms with Crippen LogP contribution >= 0.6 is 11.6 Å². The van der Waals surface area contributed by atoms with Gasteiger partial charge < -0.3 is 4.74 Å². The standard InChI is InChI=1S/C15H23ClN2O/c1-2-5-14-10-13(12-16)11-15(17-14)19-9-8-18-6-3-4-7-18/h10-11H,2-9,12H2,1H3. The molecular formula is C15H23ClN2O. The number of rotatable bonds is 7. The molecule has 0 unspecified atom stereocenters. The summed E-state index contributed by atoms with van der Waals surface area (Å²) in [6.07, 6.45) is 4.71. The highest BCUT2D eigenvalue weighted by molar-refractivity contribution is 6.17. The van der Waals surface area contributed by atoms with Crippen molar-refractivity contribution in [3.63, 3.8) is 0 Å².